The van der Waals surface area contributed by atoms with Crippen molar-refractivity contribution in [2.75, 3.05) is 0 Å². The van der Waals surface area contributed by atoms with E-state index in [4.69, 9.17) is 0 Å². The third-order valence-electron chi connectivity index (χ3n) is 3.07. The van der Waals surface area contributed by atoms with Crippen molar-refractivity contribution in [2.24, 2.45) is 0 Å². The second-order valence-corrected chi connectivity index (χ2v) is 4.57. The Labute approximate surface area is 95.5 Å². The molecule has 0 heterocycles. The van der Waals surface area contributed by atoms with E-state index >= 15 is 0 Å². The van der Waals surface area contributed by atoms with Crippen LogP contribution in [0.25, 0.3) is 0 Å². The van der Waals surface area contributed by atoms with Crippen LogP contribution < -0.4 is 0 Å². The highest BCUT2D eigenvalue weighted by Crippen LogP contribution is 2.10. The van der Waals surface area contributed by atoms with Gasteiger partial charge in [0.15, 0.2) is 0 Å². The van der Waals surface area contributed by atoms with Gasteiger partial charge in [-0.2, -0.15) is 0 Å². The molecule has 0 aromatic rings. The minimum Gasteiger partial charge on any atom is -0.0885 e. The molecule has 0 aliphatic heterocycles. The van der Waals surface area contributed by atoms with Crippen molar-refractivity contribution in [2.45, 2.75) is 70.6 Å². The van der Waals surface area contributed by atoms with Gasteiger partial charge >= 0.3 is 0 Å². The topological polar surface area (TPSA) is 0 Å². The standard InChI is InChI=1S/C15H26/c1-2-4-6-8-10-12-14-15-13-11-9-7-5-3-1/h1-2,13,15H,3-12,14H2. The molecule has 0 fully saturated rings. The van der Waals surface area contributed by atoms with Gasteiger partial charge in [-0.05, 0) is 51.4 Å². The van der Waals surface area contributed by atoms with Gasteiger partial charge in [0, 0.05) is 0 Å². The Morgan fingerprint density at radius 3 is 0.933 bits per heavy atom. The van der Waals surface area contributed by atoms with E-state index in [0.29, 0.717) is 0 Å². The highest BCUT2D eigenvalue weighted by molar-refractivity contribution is 4.83. The van der Waals surface area contributed by atoms with Crippen molar-refractivity contribution in [3.8, 4) is 0 Å². The third kappa shape index (κ3) is 8.47. The molecule has 1 rings (SSSR count). The predicted molar refractivity (Wildman–Crippen MR) is 69.1 cm³/mol. The molecule has 0 nitrogen and oxygen atoms in total. The van der Waals surface area contributed by atoms with E-state index in [0.717, 1.165) is 0 Å². The quantitative estimate of drug-likeness (QED) is 0.465. The lowest BCUT2D eigenvalue weighted by atomic mass is 10.1. The molecule has 0 aromatic heterocycles. The lowest BCUT2D eigenvalue weighted by Crippen LogP contribution is -1.76. The van der Waals surface area contributed by atoms with Gasteiger partial charge in [0.2, 0.25) is 0 Å². The van der Waals surface area contributed by atoms with Crippen molar-refractivity contribution in [3.05, 3.63) is 24.3 Å². The first-order valence-electron chi connectivity index (χ1n) is 6.80. The molecule has 1 aliphatic carbocycles. The first-order valence-corrected chi connectivity index (χ1v) is 6.80. The largest absolute Gasteiger partial charge is 0.0885 e. The second kappa shape index (κ2) is 10.0. The van der Waals surface area contributed by atoms with Crippen LogP contribution >= 0.6 is 0 Å². The fourth-order valence-electron chi connectivity index (χ4n) is 2.05. The summed E-state index contributed by atoms with van der Waals surface area (Å²) in [5, 5.41) is 0. The Bertz CT molecular complexity index is 156. The molecule has 15 heavy (non-hydrogen) atoms. The molecule has 0 radical (unpaired) electrons. The number of hydrogen-bond acceptors (Lipinski definition) is 0. The fourth-order valence-corrected chi connectivity index (χ4v) is 2.05. The molecular weight excluding hydrogens is 180 g/mol. The molecule has 0 bridgehead atoms. The normalized spacial score (nSPS) is 21.9. The average Bonchev–Trinajstić information content (AvgIpc) is 2.27. The molecule has 0 saturated heterocycles. The van der Waals surface area contributed by atoms with Crippen LogP contribution in [0.5, 0.6) is 0 Å². The summed E-state index contributed by atoms with van der Waals surface area (Å²) in [5.41, 5.74) is 0. The maximum absolute atomic E-state index is 2.39. The van der Waals surface area contributed by atoms with Crippen LogP contribution in [-0.4, -0.2) is 0 Å². The van der Waals surface area contributed by atoms with E-state index in [1.54, 1.807) is 0 Å². The van der Waals surface area contributed by atoms with Gasteiger partial charge in [-0.15, -0.1) is 0 Å². The molecule has 1 aliphatic rings. The molecule has 0 heteroatoms. The summed E-state index contributed by atoms with van der Waals surface area (Å²) in [7, 11) is 0. The summed E-state index contributed by atoms with van der Waals surface area (Å²) in [6.45, 7) is 0. The Morgan fingerprint density at radius 1 is 0.333 bits per heavy atom. The van der Waals surface area contributed by atoms with Gasteiger partial charge in [0.05, 0.1) is 0 Å². The van der Waals surface area contributed by atoms with Gasteiger partial charge < -0.3 is 0 Å². The summed E-state index contributed by atoms with van der Waals surface area (Å²) < 4.78 is 0. The van der Waals surface area contributed by atoms with Crippen molar-refractivity contribution in [3.63, 3.8) is 0 Å². The monoisotopic (exact) mass is 206 g/mol. The Hall–Kier alpha value is -0.520. The Kier molecular flexibility index (Phi) is 8.38. The van der Waals surface area contributed by atoms with Gasteiger partial charge in [-0.25, -0.2) is 0 Å². The predicted octanol–water partition coefficient (Wildman–Crippen LogP) is 5.40. The molecule has 0 atom stereocenters. The van der Waals surface area contributed by atoms with Crippen LogP contribution in [0.4, 0.5) is 0 Å². The minimum atomic E-state index is 1.30. The first kappa shape index (κ1) is 12.5. The van der Waals surface area contributed by atoms with Crippen molar-refractivity contribution < 1.29 is 0 Å². The summed E-state index contributed by atoms with van der Waals surface area (Å²) >= 11 is 0. The lowest BCUT2D eigenvalue weighted by Gasteiger charge is -1.96. The molecule has 0 spiro atoms. The van der Waals surface area contributed by atoms with Crippen LogP contribution in [0.15, 0.2) is 24.3 Å². The number of rotatable bonds is 0. The Balaban J connectivity index is 2.15. The maximum atomic E-state index is 2.39. The van der Waals surface area contributed by atoms with Crippen LogP contribution in [-0.2, 0) is 0 Å². The maximum Gasteiger partial charge on any atom is -0.0351 e. The fraction of sp³-hybridized carbons (Fsp3) is 0.733. The van der Waals surface area contributed by atoms with Crippen LogP contribution in [0, 0.1) is 0 Å². The molecule has 86 valence electrons. The van der Waals surface area contributed by atoms with Gasteiger partial charge in [-0.3, -0.25) is 0 Å². The van der Waals surface area contributed by atoms with Crippen LogP contribution in [0.3, 0.4) is 0 Å². The SMILES string of the molecule is C1=CCCCCCCC=CCCCCC1. The van der Waals surface area contributed by atoms with Crippen molar-refractivity contribution in [1.29, 1.82) is 0 Å². The number of hydrogen-bond donors (Lipinski definition) is 0. The minimum absolute atomic E-state index is 1.30. The smallest absolute Gasteiger partial charge is 0.0351 e. The van der Waals surface area contributed by atoms with Crippen molar-refractivity contribution >= 4 is 0 Å². The van der Waals surface area contributed by atoms with E-state index in [-0.39, 0.29) is 0 Å². The molecule has 0 aromatic carbocycles. The zero-order valence-electron chi connectivity index (χ0n) is 10.1. The van der Waals surface area contributed by atoms with Crippen LogP contribution in [0.2, 0.25) is 0 Å². The summed E-state index contributed by atoms with van der Waals surface area (Å²) in [5.74, 6) is 0. The molecule has 0 amide bonds. The van der Waals surface area contributed by atoms with E-state index in [1.807, 2.05) is 0 Å². The number of allylic oxidation sites excluding steroid dienone is 4. The second-order valence-electron chi connectivity index (χ2n) is 4.57. The van der Waals surface area contributed by atoms with E-state index in [9.17, 15) is 0 Å². The summed E-state index contributed by atoms with van der Waals surface area (Å²) in [6.07, 6.45) is 24.5. The highest BCUT2D eigenvalue weighted by Gasteiger charge is 1.90. The molecular formula is C15H26. The molecule has 0 N–H and O–H groups in total. The summed E-state index contributed by atoms with van der Waals surface area (Å²) in [4.78, 5) is 0. The average molecular weight is 206 g/mol. The van der Waals surface area contributed by atoms with Crippen LogP contribution in [0.1, 0.15) is 70.6 Å². The van der Waals surface area contributed by atoms with E-state index in [2.05, 4.69) is 24.3 Å². The molecule has 0 unspecified atom stereocenters. The van der Waals surface area contributed by atoms with E-state index < -0.39 is 0 Å². The zero-order chi connectivity index (χ0) is 10.6. The Morgan fingerprint density at radius 2 is 0.600 bits per heavy atom. The van der Waals surface area contributed by atoms with Gasteiger partial charge in [0.1, 0.15) is 0 Å². The van der Waals surface area contributed by atoms with Crippen molar-refractivity contribution in [1.82, 2.24) is 0 Å². The summed E-state index contributed by atoms with van der Waals surface area (Å²) in [6, 6.07) is 0. The highest BCUT2D eigenvalue weighted by atomic mass is 14.0. The first-order chi connectivity index (χ1) is 7.50. The third-order valence-corrected chi connectivity index (χ3v) is 3.07. The van der Waals surface area contributed by atoms with E-state index in [1.165, 1.54) is 70.6 Å². The molecule has 0 saturated carbocycles. The zero-order valence-corrected chi connectivity index (χ0v) is 10.1. The lowest BCUT2D eigenvalue weighted by molar-refractivity contribution is 0.651. The van der Waals surface area contributed by atoms with Gasteiger partial charge in [-0.1, -0.05) is 43.6 Å². The van der Waals surface area contributed by atoms with Gasteiger partial charge in [0.25, 0.3) is 0 Å².